The smallest absolute Gasteiger partial charge is 0.317 e. The van der Waals surface area contributed by atoms with E-state index in [1.54, 1.807) is 6.20 Å². The molecule has 2 bridgehead atoms. The van der Waals surface area contributed by atoms with Crippen LogP contribution in [0.4, 0.5) is 4.79 Å². The molecule has 2 aromatic rings. The van der Waals surface area contributed by atoms with Crippen LogP contribution in [0.2, 0.25) is 0 Å². The highest BCUT2D eigenvalue weighted by Crippen LogP contribution is 2.43. The van der Waals surface area contributed by atoms with Crippen LogP contribution in [0.1, 0.15) is 11.1 Å². The quantitative estimate of drug-likeness (QED) is 0.859. The molecule has 1 aromatic heterocycles. The fourth-order valence-corrected chi connectivity index (χ4v) is 4.34. The number of carbonyl (C=O) groups excluding carboxylic acids is 1. The predicted octanol–water partition coefficient (Wildman–Crippen LogP) is 2.03. The Morgan fingerprint density at radius 1 is 1.12 bits per heavy atom. The van der Waals surface area contributed by atoms with E-state index in [-0.39, 0.29) is 18.2 Å². The molecule has 4 unspecified atom stereocenters. The van der Waals surface area contributed by atoms with Crippen molar-refractivity contribution in [3.8, 4) is 0 Å². The molecule has 0 spiro atoms. The maximum Gasteiger partial charge on any atom is 0.317 e. The number of benzene rings is 1. The molecule has 26 heavy (non-hydrogen) atoms. The number of rotatable bonds is 4. The van der Waals surface area contributed by atoms with Crippen LogP contribution < -0.4 is 5.32 Å². The van der Waals surface area contributed by atoms with Gasteiger partial charge >= 0.3 is 6.03 Å². The Bertz CT molecular complexity index is 795. The first-order chi connectivity index (χ1) is 12.8. The third kappa shape index (κ3) is 2.80. The van der Waals surface area contributed by atoms with Crippen LogP contribution in [-0.4, -0.2) is 45.8 Å². The Kier molecular flexibility index (Phi) is 3.78. The molecule has 134 valence electrons. The molecule has 0 radical (unpaired) electrons. The summed E-state index contributed by atoms with van der Waals surface area (Å²) in [4.78, 5) is 18.5. The number of aromatic nitrogens is 2. The van der Waals surface area contributed by atoms with Gasteiger partial charge in [-0.2, -0.15) is 0 Å². The highest BCUT2D eigenvalue weighted by Gasteiger charge is 2.51. The Morgan fingerprint density at radius 2 is 1.81 bits per heavy atom. The van der Waals surface area contributed by atoms with E-state index in [0.29, 0.717) is 18.4 Å². The Labute approximate surface area is 152 Å². The fraction of sp³-hybridized carbons (Fsp3) is 0.400. The van der Waals surface area contributed by atoms with Gasteiger partial charge in [0.1, 0.15) is 0 Å². The number of amides is 2. The van der Waals surface area contributed by atoms with E-state index in [1.165, 1.54) is 5.56 Å². The molecule has 6 nitrogen and oxygen atoms in total. The molecule has 0 aliphatic carbocycles. The van der Waals surface area contributed by atoms with E-state index in [4.69, 9.17) is 4.74 Å². The van der Waals surface area contributed by atoms with E-state index < -0.39 is 0 Å². The van der Waals surface area contributed by atoms with Crippen molar-refractivity contribution in [1.29, 1.82) is 0 Å². The zero-order valence-electron chi connectivity index (χ0n) is 14.5. The van der Waals surface area contributed by atoms with Gasteiger partial charge in [0.15, 0.2) is 0 Å². The van der Waals surface area contributed by atoms with Crippen molar-refractivity contribution in [3.63, 3.8) is 0 Å². The molecule has 3 aliphatic heterocycles. The summed E-state index contributed by atoms with van der Waals surface area (Å²) < 4.78 is 7.90. The first kappa shape index (κ1) is 15.6. The number of likely N-dealkylation sites (tertiary alicyclic amines) is 1. The Balaban J connectivity index is 1.14. The molecule has 2 fully saturated rings. The summed E-state index contributed by atoms with van der Waals surface area (Å²) in [5, 5.41) is 3.06. The monoisotopic (exact) mass is 350 g/mol. The molecule has 5 rings (SSSR count). The van der Waals surface area contributed by atoms with Crippen LogP contribution in [0.15, 0.2) is 55.1 Å². The van der Waals surface area contributed by atoms with E-state index in [1.807, 2.05) is 22.0 Å². The first-order valence-electron chi connectivity index (χ1n) is 9.16. The normalized spacial score (nSPS) is 28.5. The summed E-state index contributed by atoms with van der Waals surface area (Å²) in [5.41, 5.74) is 2.32. The Hall–Kier alpha value is -2.60. The zero-order valence-corrected chi connectivity index (χ0v) is 14.5. The first-order valence-corrected chi connectivity index (χ1v) is 9.16. The maximum absolute atomic E-state index is 12.5. The minimum absolute atomic E-state index is 0.0290. The number of nitrogens with zero attached hydrogens (tertiary/aromatic N) is 3. The van der Waals surface area contributed by atoms with Gasteiger partial charge in [0.05, 0.1) is 18.5 Å². The van der Waals surface area contributed by atoms with Gasteiger partial charge in [-0.15, -0.1) is 0 Å². The van der Waals surface area contributed by atoms with Crippen LogP contribution in [0, 0.1) is 11.8 Å². The maximum atomic E-state index is 12.5. The molecular weight excluding hydrogens is 328 g/mol. The van der Waals surface area contributed by atoms with Crippen LogP contribution in [0.25, 0.3) is 0 Å². The number of carbonyl (C=O) groups is 1. The summed E-state index contributed by atoms with van der Waals surface area (Å²) in [6, 6.07) is 8.37. The Morgan fingerprint density at radius 3 is 2.46 bits per heavy atom. The molecule has 1 aromatic carbocycles. The van der Waals surface area contributed by atoms with Crippen molar-refractivity contribution < 1.29 is 9.53 Å². The van der Waals surface area contributed by atoms with Crippen LogP contribution in [-0.2, 0) is 17.8 Å². The number of hydrogen-bond acceptors (Lipinski definition) is 3. The summed E-state index contributed by atoms with van der Waals surface area (Å²) >= 11 is 0. The molecule has 1 N–H and O–H groups in total. The third-order valence-corrected chi connectivity index (χ3v) is 5.74. The van der Waals surface area contributed by atoms with E-state index in [2.05, 4.69) is 46.7 Å². The highest BCUT2D eigenvalue weighted by atomic mass is 16.5. The molecule has 4 heterocycles. The van der Waals surface area contributed by atoms with Crippen molar-refractivity contribution >= 4 is 6.03 Å². The van der Waals surface area contributed by atoms with Crippen molar-refractivity contribution in [2.45, 2.75) is 25.3 Å². The average Bonchev–Trinajstić information content (AvgIpc) is 3.42. The van der Waals surface area contributed by atoms with Gasteiger partial charge in [0, 0.05) is 50.4 Å². The fourth-order valence-electron chi connectivity index (χ4n) is 4.34. The SMILES string of the molecule is O=C(NCc1ccc(Cn2ccnc2)cc1)N1CC2C3C=CC(O3)C2C1. The molecular formula is C20H22N4O2. The number of fused-ring (bicyclic) bond motifs is 5. The standard InChI is InChI=1S/C20H22N4O2/c25-20(24-11-16-17(12-24)19-6-5-18(16)26-19)22-9-14-1-3-15(4-2-14)10-23-8-7-21-13-23/h1-8,13,16-19H,9-12H2,(H,22,25). The van der Waals surface area contributed by atoms with Crippen molar-refractivity contribution in [2.24, 2.45) is 11.8 Å². The van der Waals surface area contributed by atoms with Crippen molar-refractivity contribution in [1.82, 2.24) is 19.8 Å². The minimum Gasteiger partial charge on any atom is -0.366 e. The van der Waals surface area contributed by atoms with E-state index >= 15 is 0 Å². The summed E-state index contributed by atoms with van der Waals surface area (Å²) in [6.07, 6.45) is 10.3. The molecule has 2 saturated heterocycles. The second-order valence-corrected chi connectivity index (χ2v) is 7.39. The lowest BCUT2D eigenvalue weighted by atomic mass is 9.86. The summed E-state index contributed by atoms with van der Waals surface area (Å²) in [6.45, 7) is 2.96. The predicted molar refractivity (Wildman–Crippen MR) is 96.4 cm³/mol. The molecule has 3 aliphatic rings. The number of hydrogen-bond donors (Lipinski definition) is 1. The molecule has 0 saturated carbocycles. The average molecular weight is 350 g/mol. The number of urea groups is 1. The van der Waals surface area contributed by atoms with Gasteiger partial charge < -0.3 is 19.5 Å². The zero-order chi connectivity index (χ0) is 17.5. The molecule has 2 amide bonds. The molecule has 6 heteroatoms. The van der Waals surface area contributed by atoms with E-state index in [9.17, 15) is 4.79 Å². The third-order valence-electron chi connectivity index (χ3n) is 5.74. The van der Waals surface area contributed by atoms with Crippen LogP contribution in [0.3, 0.4) is 0 Å². The topological polar surface area (TPSA) is 59.4 Å². The number of ether oxygens (including phenoxy) is 1. The van der Waals surface area contributed by atoms with Crippen LogP contribution in [0.5, 0.6) is 0 Å². The lowest BCUT2D eigenvalue weighted by molar-refractivity contribution is 0.0882. The lowest BCUT2D eigenvalue weighted by Gasteiger charge is -2.19. The molecule has 4 atom stereocenters. The minimum atomic E-state index is 0.0290. The van der Waals surface area contributed by atoms with Crippen LogP contribution >= 0.6 is 0 Å². The second-order valence-electron chi connectivity index (χ2n) is 7.39. The highest BCUT2D eigenvalue weighted by molar-refractivity contribution is 5.74. The van der Waals surface area contributed by atoms with Gasteiger partial charge in [0.2, 0.25) is 0 Å². The van der Waals surface area contributed by atoms with Gasteiger partial charge in [0.25, 0.3) is 0 Å². The largest absolute Gasteiger partial charge is 0.366 e. The van der Waals surface area contributed by atoms with E-state index in [0.717, 1.165) is 25.2 Å². The van der Waals surface area contributed by atoms with Gasteiger partial charge in [-0.1, -0.05) is 36.4 Å². The lowest BCUT2D eigenvalue weighted by Crippen LogP contribution is -2.39. The van der Waals surface area contributed by atoms with Gasteiger partial charge in [-0.25, -0.2) is 9.78 Å². The second kappa shape index (κ2) is 6.29. The summed E-state index contributed by atoms with van der Waals surface area (Å²) in [7, 11) is 0. The number of imidazole rings is 1. The van der Waals surface area contributed by atoms with Gasteiger partial charge in [-0.3, -0.25) is 0 Å². The summed E-state index contributed by atoms with van der Waals surface area (Å²) in [5.74, 6) is 0.941. The number of nitrogens with one attached hydrogen (secondary N) is 1. The van der Waals surface area contributed by atoms with Crippen molar-refractivity contribution in [2.75, 3.05) is 13.1 Å². The van der Waals surface area contributed by atoms with Crippen molar-refractivity contribution in [3.05, 3.63) is 66.3 Å². The van der Waals surface area contributed by atoms with Gasteiger partial charge in [-0.05, 0) is 11.1 Å².